The molecule has 1 saturated heterocycles. The third-order valence-electron chi connectivity index (χ3n) is 7.25. The van der Waals surface area contributed by atoms with Crippen molar-refractivity contribution >= 4 is 34.4 Å². The first-order valence-electron chi connectivity index (χ1n) is 13.7. The fraction of sp³-hybridized carbons (Fsp3) is 0.212. The van der Waals surface area contributed by atoms with Gasteiger partial charge in [0.25, 0.3) is 5.91 Å². The van der Waals surface area contributed by atoms with Crippen LogP contribution >= 0.6 is 11.8 Å². The van der Waals surface area contributed by atoms with E-state index in [4.69, 9.17) is 9.47 Å². The summed E-state index contributed by atoms with van der Waals surface area (Å²) in [5, 5.41) is 13.4. The fourth-order valence-electron chi connectivity index (χ4n) is 4.93. The second-order valence-electron chi connectivity index (χ2n) is 10.1. The summed E-state index contributed by atoms with van der Waals surface area (Å²) in [5.74, 6) is 0.392. The summed E-state index contributed by atoms with van der Waals surface area (Å²) < 4.78 is 13.1. The zero-order valence-corrected chi connectivity index (χ0v) is 23.8. The molecule has 4 unspecified atom stereocenters. The smallest absolute Gasteiger partial charge is 0.275 e. The van der Waals surface area contributed by atoms with Gasteiger partial charge in [0.1, 0.15) is 5.69 Å². The molecule has 212 valence electrons. The van der Waals surface area contributed by atoms with Crippen LogP contribution in [0, 0.1) is 5.92 Å². The molecular formula is C33H30N4O4S. The number of fused-ring (bicyclic) bond motifs is 1. The lowest BCUT2D eigenvalue weighted by Gasteiger charge is -2.41. The van der Waals surface area contributed by atoms with E-state index < -0.39 is 6.29 Å². The van der Waals surface area contributed by atoms with Crippen molar-refractivity contribution in [3.8, 4) is 0 Å². The zero-order valence-electron chi connectivity index (χ0n) is 23.0. The highest BCUT2D eigenvalue weighted by molar-refractivity contribution is 7.99. The number of ether oxygens (including phenoxy) is 2. The van der Waals surface area contributed by atoms with Crippen LogP contribution in [0.4, 0.5) is 5.69 Å². The molecule has 0 radical (unpaired) electrons. The number of carbonyl (C=O) groups excluding carboxylic acids is 1. The minimum atomic E-state index is -0.657. The second-order valence-corrected chi connectivity index (χ2v) is 11.2. The molecule has 9 heteroatoms. The third-order valence-corrected chi connectivity index (χ3v) is 8.29. The SMILES string of the molecule is CC1C(CSc2ccccn2)OC(c2cccc(NC(=O)c3cnc4ccccc4n3)c2)OC1c1ccc(CO)cc1. The molecule has 1 aliphatic heterocycles. The number of hydrogen-bond donors (Lipinski definition) is 2. The van der Waals surface area contributed by atoms with Gasteiger partial charge in [-0.05, 0) is 47.5 Å². The standard InChI is InChI=1S/C33H30N4O4S/c1-21-29(20-42-30-11-4-5-16-34-30)40-33(41-31(21)23-14-12-22(19-38)13-15-23)24-7-6-8-25(17-24)36-32(39)28-18-35-26-9-2-3-10-27(26)37-28/h2-18,21,29,31,33,38H,19-20H2,1H3,(H,36,39). The number of amides is 1. The van der Waals surface area contributed by atoms with Crippen molar-refractivity contribution in [3.05, 3.63) is 126 Å². The van der Waals surface area contributed by atoms with Gasteiger partial charge < -0.3 is 19.9 Å². The van der Waals surface area contributed by atoms with Crippen molar-refractivity contribution in [1.82, 2.24) is 15.0 Å². The van der Waals surface area contributed by atoms with Crippen molar-refractivity contribution in [3.63, 3.8) is 0 Å². The van der Waals surface area contributed by atoms with Gasteiger partial charge in [0.15, 0.2) is 6.29 Å². The molecule has 8 nitrogen and oxygen atoms in total. The Morgan fingerprint density at radius 1 is 0.905 bits per heavy atom. The summed E-state index contributed by atoms with van der Waals surface area (Å²) in [4.78, 5) is 26.3. The average molecular weight is 579 g/mol. The van der Waals surface area contributed by atoms with Crippen LogP contribution in [-0.4, -0.2) is 37.8 Å². The Morgan fingerprint density at radius 3 is 2.50 bits per heavy atom. The average Bonchev–Trinajstić information content (AvgIpc) is 3.04. The molecule has 0 bridgehead atoms. The molecule has 2 aromatic heterocycles. The van der Waals surface area contributed by atoms with Gasteiger partial charge in [-0.25, -0.2) is 9.97 Å². The van der Waals surface area contributed by atoms with E-state index >= 15 is 0 Å². The maximum Gasteiger partial charge on any atom is 0.275 e. The van der Waals surface area contributed by atoms with Crippen LogP contribution in [0.3, 0.4) is 0 Å². The van der Waals surface area contributed by atoms with Gasteiger partial charge in [-0.15, -0.1) is 11.8 Å². The van der Waals surface area contributed by atoms with Crippen LogP contribution in [0.15, 0.2) is 108 Å². The van der Waals surface area contributed by atoms with E-state index in [0.717, 1.165) is 27.2 Å². The number of nitrogens with one attached hydrogen (secondary N) is 1. The van der Waals surface area contributed by atoms with Crippen LogP contribution < -0.4 is 5.32 Å². The normalized spacial score (nSPS) is 20.3. The predicted octanol–water partition coefficient (Wildman–Crippen LogP) is 6.35. The number of aromatic nitrogens is 3. The number of aliphatic hydroxyl groups excluding tert-OH is 1. The minimum Gasteiger partial charge on any atom is -0.392 e. The molecule has 6 rings (SSSR count). The topological polar surface area (TPSA) is 106 Å². The van der Waals surface area contributed by atoms with Crippen LogP contribution in [-0.2, 0) is 16.1 Å². The number of para-hydroxylation sites is 2. The fourth-order valence-corrected chi connectivity index (χ4v) is 5.96. The molecule has 3 aromatic carbocycles. The van der Waals surface area contributed by atoms with Crippen molar-refractivity contribution in [1.29, 1.82) is 0 Å². The first kappa shape index (κ1) is 28.0. The lowest BCUT2D eigenvalue weighted by atomic mass is 9.91. The molecule has 3 heterocycles. The van der Waals surface area contributed by atoms with E-state index in [-0.39, 0.29) is 36.3 Å². The van der Waals surface area contributed by atoms with Gasteiger partial charge in [-0.1, -0.05) is 61.5 Å². The minimum absolute atomic E-state index is 0.0142. The molecule has 2 N–H and O–H groups in total. The van der Waals surface area contributed by atoms with Crippen LogP contribution in [0.1, 0.15) is 46.5 Å². The highest BCUT2D eigenvalue weighted by Crippen LogP contribution is 2.43. The zero-order chi connectivity index (χ0) is 28.9. The number of aliphatic hydroxyl groups is 1. The Labute approximate surface area is 248 Å². The molecule has 1 fully saturated rings. The van der Waals surface area contributed by atoms with E-state index in [1.807, 2.05) is 91.0 Å². The van der Waals surface area contributed by atoms with Crippen molar-refractivity contribution in [2.75, 3.05) is 11.1 Å². The monoisotopic (exact) mass is 578 g/mol. The van der Waals surface area contributed by atoms with E-state index in [1.54, 1.807) is 18.0 Å². The van der Waals surface area contributed by atoms with Crippen molar-refractivity contribution in [2.24, 2.45) is 5.92 Å². The highest BCUT2D eigenvalue weighted by atomic mass is 32.2. The molecular weight excluding hydrogens is 548 g/mol. The second kappa shape index (κ2) is 12.8. The Hall–Kier alpha value is -4.15. The summed E-state index contributed by atoms with van der Waals surface area (Å²) in [6, 6.07) is 28.6. The number of carbonyl (C=O) groups is 1. The maximum absolute atomic E-state index is 13.0. The number of hydrogen-bond acceptors (Lipinski definition) is 8. The number of anilines is 1. The summed E-state index contributed by atoms with van der Waals surface area (Å²) >= 11 is 1.65. The van der Waals surface area contributed by atoms with Crippen LogP contribution in [0.5, 0.6) is 0 Å². The Kier molecular flexibility index (Phi) is 8.52. The molecule has 1 aliphatic rings. The first-order chi connectivity index (χ1) is 20.6. The molecule has 4 atom stereocenters. The Morgan fingerprint density at radius 2 is 1.71 bits per heavy atom. The molecule has 0 spiro atoms. The number of pyridine rings is 1. The Bertz CT molecular complexity index is 1670. The van der Waals surface area contributed by atoms with Gasteiger partial charge >= 0.3 is 0 Å². The number of thioether (sulfide) groups is 1. The molecule has 5 aromatic rings. The van der Waals surface area contributed by atoms with E-state index in [1.165, 1.54) is 6.20 Å². The molecule has 1 amide bonds. The summed E-state index contributed by atoms with van der Waals surface area (Å²) in [6.45, 7) is 2.12. The summed E-state index contributed by atoms with van der Waals surface area (Å²) in [5.41, 5.74) is 4.86. The maximum atomic E-state index is 13.0. The van der Waals surface area contributed by atoms with Crippen molar-refractivity contribution < 1.29 is 19.4 Å². The number of benzene rings is 3. The predicted molar refractivity (Wildman–Crippen MR) is 162 cm³/mol. The van der Waals surface area contributed by atoms with Gasteiger partial charge in [-0.2, -0.15) is 0 Å². The number of rotatable bonds is 8. The quantitative estimate of drug-likeness (QED) is 0.205. The van der Waals surface area contributed by atoms with Gasteiger partial charge in [0.2, 0.25) is 0 Å². The van der Waals surface area contributed by atoms with Gasteiger partial charge in [0, 0.05) is 29.1 Å². The third kappa shape index (κ3) is 6.34. The molecule has 0 saturated carbocycles. The summed E-state index contributed by atoms with van der Waals surface area (Å²) in [6.07, 6.45) is 2.23. The van der Waals surface area contributed by atoms with Crippen LogP contribution in [0.25, 0.3) is 11.0 Å². The van der Waals surface area contributed by atoms with E-state index in [9.17, 15) is 9.90 Å². The summed E-state index contributed by atoms with van der Waals surface area (Å²) in [7, 11) is 0. The molecule has 42 heavy (non-hydrogen) atoms. The van der Waals surface area contributed by atoms with Gasteiger partial charge in [0.05, 0.1) is 41.1 Å². The van der Waals surface area contributed by atoms with E-state index in [0.29, 0.717) is 17.0 Å². The lowest BCUT2D eigenvalue weighted by molar-refractivity contribution is -0.268. The molecule has 0 aliphatic carbocycles. The first-order valence-corrected chi connectivity index (χ1v) is 14.7. The highest BCUT2D eigenvalue weighted by Gasteiger charge is 2.38. The van der Waals surface area contributed by atoms with Gasteiger partial charge in [-0.3, -0.25) is 9.78 Å². The number of nitrogens with zero attached hydrogens (tertiary/aromatic N) is 3. The lowest BCUT2D eigenvalue weighted by Crippen LogP contribution is -2.38. The van der Waals surface area contributed by atoms with Crippen LogP contribution in [0.2, 0.25) is 0 Å². The Balaban J connectivity index is 1.23. The van der Waals surface area contributed by atoms with E-state index in [2.05, 4.69) is 27.2 Å². The largest absolute Gasteiger partial charge is 0.392 e. The van der Waals surface area contributed by atoms with Crippen molar-refractivity contribution in [2.45, 2.75) is 37.1 Å².